The van der Waals surface area contributed by atoms with Gasteiger partial charge in [-0.15, -0.1) is 13.5 Å². The van der Waals surface area contributed by atoms with Gasteiger partial charge in [0.2, 0.25) is 6.29 Å². The monoisotopic (exact) mass is 1730 g/mol. The van der Waals surface area contributed by atoms with Crippen molar-refractivity contribution in [3.8, 4) is 40.2 Å². The van der Waals surface area contributed by atoms with Crippen molar-refractivity contribution >= 4 is 69.4 Å². The molecular weight excluding hydrogens is 1630 g/mol. The van der Waals surface area contributed by atoms with E-state index >= 15 is 0 Å². The van der Waals surface area contributed by atoms with E-state index in [4.69, 9.17) is 61.0 Å². The third-order valence-corrected chi connectivity index (χ3v) is 24.2. The molecular formula is C92H102N9O23S+. The molecule has 0 bridgehead atoms. The third kappa shape index (κ3) is 21.7. The molecule has 1 saturated heterocycles. The van der Waals surface area contributed by atoms with E-state index < -0.39 is 59.2 Å². The van der Waals surface area contributed by atoms with Crippen molar-refractivity contribution in [1.29, 1.82) is 0 Å². The number of amides is 4. The van der Waals surface area contributed by atoms with Crippen LogP contribution in [0.5, 0.6) is 40.2 Å². The van der Waals surface area contributed by atoms with E-state index in [0.29, 0.717) is 140 Å². The first kappa shape index (κ1) is 88.2. The molecule has 7 heterocycles. The lowest BCUT2D eigenvalue weighted by Gasteiger charge is -2.39. The topological polar surface area (TPSA) is 384 Å². The first-order chi connectivity index (χ1) is 60.4. The molecule has 7 aromatic carbocycles. The SMILES string of the molecule is COc1cc2c(cc1OCc1cc(COc3cc4c(cc3OC)C(=O)N3Cc5ccccc5C[C@@H]3C=N4)cc(C[N+](C)(C)Cc3ccc(OS(=O)(=O)Oc4cc(C(=O)CCCOCCn5cc(COCCOCCCC(=O)C6CCC(CN7C(=O)C=CC7=O)CC6)nn5)ccc4OC4O[C@H](CO)[C@H](O)[C@H](O)[C@@H]4O)cc3)c1)N=C[C@@H]1Cc3ccccc3CN1C2=O. The van der Waals surface area contributed by atoms with E-state index in [2.05, 4.69) is 22.4 Å². The van der Waals surface area contributed by atoms with Gasteiger partial charge in [0.25, 0.3) is 23.6 Å². The molecule has 6 aliphatic heterocycles. The summed E-state index contributed by atoms with van der Waals surface area (Å²) in [7, 11) is 2.05. The number of carbonyl (C=O) groups excluding carboxylic acids is 6. The lowest BCUT2D eigenvalue weighted by molar-refractivity contribution is -0.916. The second kappa shape index (κ2) is 39.7. The molecule has 4 amide bonds. The maximum Gasteiger partial charge on any atom is 0.501 e. The molecule has 32 nitrogen and oxygen atoms in total. The Labute approximate surface area is 723 Å². The maximum absolute atomic E-state index is 14.3. The Morgan fingerprint density at radius 2 is 1.14 bits per heavy atom. The number of hydrogen-bond donors (Lipinski definition) is 4. The molecule has 15 rings (SSSR count). The van der Waals surface area contributed by atoms with Gasteiger partial charge in [-0.2, -0.15) is 0 Å². The Kier molecular flexibility index (Phi) is 28.0. The standard InChI is InChI=1S/C92H102N9O23S/c1-101(2,52-59-35-60(54-119-81-43-74-72(41-79(81)114-3)90(110)98-48-66-13-7-5-11-63(66)38-69(98)45-93-74)37-61(36-59)55-120-82-44-75-73(42-80(82)115-4)91(111)99-49-67-14-8-6-12-64(67)39-70(99)46-94-75)51-58-19-24-71(25-20-58)123-125(112,113)124-83-40-65(23-26-78(83)121-92-89(109)88(108)87(107)84(53-102)122-92)77(104)16-10-30-116-32-29-97-50-68(95-96-97)56-118-34-33-117-31-9-15-76(103)62-21-17-57(18-22-62)47-100-85(105)27-28-86(100)106/h5-8,11-14,19-20,23-28,35-37,40-46,50,57,62,69-70,84,87-89,92,102,107-109H,9-10,15-18,21-22,29-34,38-39,47-49,51-56H2,1-4H3/q+1/t57?,62?,69-,70+,84-,87+,88+,89+,92?/m1/s1. The highest BCUT2D eigenvalue weighted by molar-refractivity contribution is 7.82. The van der Waals surface area contributed by atoms with Crippen molar-refractivity contribution < 1.29 is 113 Å². The molecule has 658 valence electrons. The van der Waals surface area contributed by atoms with Crippen molar-refractivity contribution in [1.82, 2.24) is 29.7 Å². The van der Waals surface area contributed by atoms with Crippen LogP contribution >= 0.6 is 0 Å². The number of aliphatic hydroxyl groups is 4. The normalized spacial score (nSPS) is 20.8. The molecule has 2 fully saturated rings. The van der Waals surface area contributed by atoms with Crippen molar-refractivity contribution in [2.75, 3.05) is 74.5 Å². The van der Waals surface area contributed by atoms with Gasteiger partial charge >= 0.3 is 10.4 Å². The van der Waals surface area contributed by atoms with Gasteiger partial charge in [0, 0.05) is 105 Å². The fraction of sp³-hybridized carbons (Fsp3) is 0.413. The lowest BCUT2D eigenvalue weighted by atomic mass is 9.79. The predicted molar refractivity (Wildman–Crippen MR) is 452 cm³/mol. The van der Waals surface area contributed by atoms with E-state index in [1.807, 2.05) is 90.9 Å². The average Bonchev–Trinajstić information content (AvgIpc) is 1.72. The van der Waals surface area contributed by atoms with Gasteiger partial charge in [-0.25, -0.2) is 4.68 Å². The summed E-state index contributed by atoms with van der Waals surface area (Å²) in [5.74, 6) is -0.561. The molecule has 1 unspecified atom stereocenters. The highest BCUT2D eigenvalue weighted by Gasteiger charge is 2.46. The molecule has 8 aromatic rings. The number of fused-ring (bicyclic) bond motifs is 6. The smallest absolute Gasteiger partial charge is 0.493 e. The minimum atomic E-state index is -5.07. The molecule has 7 aliphatic rings. The highest BCUT2D eigenvalue weighted by Crippen LogP contribution is 2.43. The molecule has 1 saturated carbocycles. The van der Waals surface area contributed by atoms with Crippen LogP contribution in [0.25, 0.3) is 0 Å². The summed E-state index contributed by atoms with van der Waals surface area (Å²) in [6, 6.07) is 38.6. The van der Waals surface area contributed by atoms with Crippen LogP contribution in [0.4, 0.5) is 11.4 Å². The van der Waals surface area contributed by atoms with E-state index in [1.54, 1.807) is 47.3 Å². The third-order valence-electron chi connectivity index (χ3n) is 23.4. The summed E-state index contributed by atoms with van der Waals surface area (Å²) in [4.78, 5) is 93.9. The minimum Gasteiger partial charge on any atom is -0.493 e. The number of ketones is 2. The molecule has 1 aromatic heterocycles. The van der Waals surface area contributed by atoms with Crippen molar-refractivity contribution in [2.24, 2.45) is 21.8 Å². The molecule has 33 heteroatoms. The summed E-state index contributed by atoms with van der Waals surface area (Å²) in [6.45, 7) is 3.46. The number of carbonyl (C=O) groups is 6. The van der Waals surface area contributed by atoms with E-state index in [0.717, 1.165) is 65.1 Å². The average molecular weight is 1730 g/mol. The van der Waals surface area contributed by atoms with Crippen LogP contribution in [0.15, 0.2) is 162 Å². The maximum atomic E-state index is 14.3. The van der Waals surface area contributed by atoms with Crippen LogP contribution in [-0.4, -0.2) is 228 Å². The van der Waals surface area contributed by atoms with Gasteiger partial charge < -0.3 is 85.7 Å². The number of ether oxygens (including phenoxy) is 9. The number of nitrogens with zero attached hydrogens (tertiary/aromatic N) is 9. The summed E-state index contributed by atoms with van der Waals surface area (Å²) in [5.41, 5.74) is 10.0. The molecule has 0 spiro atoms. The summed E-state index contributed by atoms with van der Waals surface area (Å²) >= 11 is 0. The number of rotatable bonds is 39. The quantitative estimate of drug-likeness (QED) is 0.0121. The first-order valence-electron chi connectivity index (χ1n) is 41.9. The number of aliphatic hydroxyl groups excluding tert-OH is 4. The number of quaternary nitrogens is 1. The molecule has 7 atom stereocenters. The van der Waals surface area contributed by atoms with Crippen LogP contribution in [0, 0.1) is 11.8 Å². The number of Topliss-reactive ketones (excluding diaryl/α,β-unsaturated/α-hetero) is 2. The Bertz CT molecular complexity index is 5310. The largest absolute Gasteiger partial charge is 0.501 e. The molecule has 4 N–H and O–H groups in total. The minimum absolute atomic E-state index is 0.000328. The van der Waals surface area contributed by atoms with Crippen LogP contribution < -0.4 is 32.1 Å². The van der Waals surface area contributed by atoms with Crippen molar-refractivity contribution in [3.63, 3.8) is 0 Å². The van der Waals surface area contributed by atoms with E-state index in [1.165, 1.54) is 66.7 Å². The van der Waals surface area contributed by atoms with Crippen LogP contribution in [0.1, 0.15) is 133 Å². The fourth-order valence-electron chi connectivity index (χ4n) is 16.9. The number of aromatic nitrogens is 3. The zero-order chi connectivity index (χ0) is 87.5. The van der Waals surface area contributed by atoms with Gasteiger partial charge in [-0.1, -0.05) is 53.7 Å². The number of imide groups is 1. The Hall–Kier alpha value is -11.6. The number of methoxy groups -OCH3 is 2. The Morgan fingerprint density at radius 3 is 1.74 bits per heavy atom. The number of aliphatic imine (C=N–C) groups is 2. The fourth-order valence-corrected chi connectivity index (χ4v) is 17.6. The lowest BCUT2D eigenvalue weighted by Crippen LogP contribution is -2.60. The van der Waals surface area contributed by atoms with Gasteiger partial charge in [0.1, 0.15) is 67.9 Å². The zero-order valence-corrected chi connectivity index (χ0v) is 70.8. The highest BCUT2D eigenvalue weighted by atomic mass is 32.3. The van der Waals surface area contributed by atoms with Gasteiger partial charge in [0.15, 0.2) is 40.3 Å². The van der Waals surface area contributed by atoms with Crippen LogP contribution in [0.3, 0.4) is 0 Å². The second-order valence-electron chi connectivity index (χ2n) is 32.9. The molecule has 125 heavy (non-hydrogen) atoms. The Balaban J connectivity index is 0.560. The predicted octanol–water partition coefficient (Wildman–Crippen LogP) is 8.97. The van der Waals surface area contributed by atoms with Crippen LogP contribution in [-0.2, 0) is 109 Å². The van der Waals surface area contributed by atoms with Gasteiger partial charge in [-0.3, -0.25) is 43.7 Å². The number of benzene rings is 7. The van der Waals surface area contributed by atoms with Gasteiger partial charge in [-0.05, 0) is 163 Å². The zero-order valence-electron chi connectivity index (χ0n) is 69.9. The van der Waals surface area contributed by atoms with Crippen LogP contribution in [0.2, 0.25) is 0 Å². The van der Waals surface area contributed by atoms with E-state index in [9.17, 15) is 57.6 Å². The summed E-state index contributed by atoms with van der Waals surface area (Å²) < 4.78 is 94.8. The van der Waals surface area contributed by atoms with Gasteiger partial charge in [0.05, 0.1) is 109 Å². The number of hydrogen-bond acceptors (Lipinski definition) is 27. The van der Waals surface area contributed by atoms with Crippen molar-refractivity contribution in [3.05, 3.63) is 219 Å². The summed E-state index contributed by atoms with van der Waals surface area (Å²) in [5, 5.41) is 50.3. The van der Waals surface area contributed by atoms with Crippen molar-refractivity contribution in [2.45, 2.75) is 160 Å². The Morgan fingerprint density at radius 1 is 0.568 bits per heavy atom. The summed E-state index contributed by atoms with van der Waals surface area (Å²) in [6.07, 6.45) is 4.91. The molecule has 0 radical (unpaired) electrons. The first-order valence-corrected chi connectivity index (χ1v) is 43.3. The molecule has 1 aliphatic carbocycles. The van der Waals surface area contributed by atoms with E-state index in [-0.39, 0.29) is 116 Å². The second-order valence-corrected chi connectivity index (χ2v) is 34.1.